The van der Waals surface area contributed by atoms with Crippen molar-refractivity contribution in [1.82, 2.24) is 0 Å². The Morgan fingerprint density at radius 3 is 2.64 bits per heavy atom. The SMILES string of the molecule is CO[C@@H]1CCC(C(=O)C(F)(F)F)=CO1. The Kier molecular flexibility index (Phi) is 3.15. The minimum absolute atomic E-state index is 0.0247. The first-order valence-electron chi connectivity index (χ1n) is 3.94. The van der Waals surface area contributed by atoms with Gasteiger partial charge in [0.25, 0.3) is 5.78 Å². The number of hydrogen-bond acceptors (Lipinski definition) is 3. The number of ketones is 1. The molecule has 3 nitrogen and oxygen atoms in total. The zero-order chi connectivity index (χ0) is 10.8. The average Bonchev–Trinajstić information content (AvgIpc) is 2.15. The van der Waals surface area contributed by atoms with Crippen molar-refractivity contribution in [3.63, 3.8) is 0 Å². The van der Waals surface area contributed by atoms with E-state index in [0.717, 1.165) is 6.26 Å². The Hall–Kier alpha value is -1.04. The molecular formula is C8H9F3O3. The summed E-state index contributed by atoms with van der Waals surface area (Å²) in [5, 5.41) is 0. The summed E-state index contributed by atoms with van der Waals surface area (Å²) in [5.74, 6) is -1.84. The van der Waals surface area contributed by atoms with Crippen LogP contribution in [-0.4, -0.2) is 25.4 Å². The molecule has 0 saturated heterocycles. The van der Waals surface area contributed by atoms with E-state index in [1.54, 1.807) is 0 Å². The highest BCUT2D eigenvalue weighted by molar-refractivity contribution is 5.99. The van der Waals surface area contributed by atoms with E-state index in [4.69, 9.17) is 9.47 Å². The zero-order valence-corrected chi connectivity index (χ0v) is 7.43. The number of carbonyl (C=O) groups is 1. The zero-order valence-electron chi connectivity index (χ0n) is 7.43. The maximum absolute atomic E-state index is 11.9. The number of hydrogen-bond donors (Lipinski definition) is 0. The van der Waals surface area contributed by atoms with E-state index < -0.39 is 18.2 Å². The van der Waals surface area contributed by atoms with Gasteiger partial charge in [-0.1, -0.05) is 0 Å². The third-order valence-electron chi connectivity index (χ3n) is 1.82. The summed E-state index contributed by atoms with van der Waals surface area (Å²) in [6.45, 7) is 0. The molecule has 6 heteroatoms. The summed E-state index contributed by atoms with van der Waals surface area (Å²) >= 11 is 0. The largest absolute Gasteiger partial charge is 0.472 e. The van der Waals surface area contributed by atoms with E-state index in [1.807, 2.05) is 0 Å². The number of allylic oxidation sites excluding steroid dienone is 1. The minimum Gasteiger partial charge on any atom is -0.472 e. The lowest BCUT2D eigenvalue weighted by atomic mass is 10.1. The summed E-state index contributed by atoms with van der Waals surface area (Å²) in [4.78, 5) is 10.7. The second-order valence-corrected chi connectivity index (χ2v) is 2.81. The summed E-state index contributed by atoms with van der Waals surface area (Å²) in [5.41, 5.74) is -0.356. The molecule has 0 fully saturated rings. The first-order valence-corrected chi connectivity index (χ1v) is 3.94. The lowest BCUT2D eigenvalue weighted by Crippen LogP contribution is -2.28. The minimum atomic E-state index is -4.82. The van der Waals surface area contributed by atoms with Gasteiger partial charge in [0.1, 0.15) is 0 Å². The molecule has 1 heterocycles. The number of carbonyl (C=O) groups excluding carboxylic acids is 1. The van der Waals surface area contributed by atoms with Gasteiger partial charge in [-0.15, -0.1) is 0 Å². The molecule has 0 aliphatic carbocycles. The molecule has 0 aromatic rings. The van der Waals surface area contributed by atoms with Crippen molar-refractivity contribution >= 4 is 5.78 Å². The van der Waals surface area contributed by atoms with E-state index in [2.05, 4.69) is 0 Å². The standard InChI is InChI=1S/C8H9F3O3/c1-13-6-3-2-5(4-14-6)7(12)8(9,10)11/h4,6H,2-3H2,1H3/t6-/m0/s1. The molecule has 0 aromatic carbocycles. The summed E-state index contributed by atoms with van der Waals surface area (Å²) in [6.07, 6.45) is -4.27. The first-order chi connectivity index (χ1) is 6.45. The average molecular weight is 210 g/mol. The summed E-state index contributed by atoms with van der Waals surface area (Å²) < 4.78 is 45.3. The lowest BCUT2D eigenvalue weighted by Gasteiger charge is -2.21. The van der Waals surface area contributed by atoms with Gasteiger partial charge in [0.05, 0.1) is 6.26 Å². The Bertz CT molecular complexity index is 257. The van der Waals surface area contributed by atoms with Gasteiger partial charge in [-0.2, -0.15) is 13.2 Å². The van der Waals surface area contributed by atoms with Gasteiger partial charge >= 0.3 is 6.18 Å². The Morgan fingerprint density at radius 1 is 1.64 bits per heavy atom. The third kappa shape index (κ3) is 2.47. The molecule has 0 radical (unpaired) electrons. The number of rotatable bonds is 2. The Morgan fingerprint density at radius 2 is 2.29 bits per heavy atom. The first kappa shape index (κ1) is 11.0. The van der Waals surface area contributed by atoms with Crippen molar-refractivity contribution < 1.29 is 27.4 Å². The van der Waals surface area contributed by atoms with Gasteiger partial charge in [-0.3, -0.25) is 4.79 Å². The number of alkyl halides is 3. The van der Waals surface area contributed by atoms with Crippen molar-refractivity contribution in [2.24, 2.45) is 0 Å². The maximum Gasteiger partial charge on any atom is 0.454 e. The van der Waals surface area contributed by atoms with Gasteiger partial charge in [0.2, 0.25) is 0 Å². The van der Waals surface area contributed by atoms with E-state index in [-0.39, 0.29) is 18.4 Å². The van der Waals surface area contributed by atoms with Gasteiger partial charge in [-0.25, -0.2) is 0 Å². The van der Waals surface area contributed by atoms with Gasteiger partial charge in [-0.05, 0) is 6.42 Å². The van der Waals surface area contributed by atoms with Crippen LogP contribution in [0.3, 0.4) is 0 Å². The Labute approximate surface area is 78.5 Å². The van der Waals surface area contributed by atoms with Crippen molar-refractivity contribution in [2.45, 2.75) is 25.3 Å². The topological polar surface area (TPSA) is 35.5 Å². The monoisotopic (exact) mass is 210 g/mol. The summed E-state index contributed by atoms with van der Waals surface area (Å²) in [6, 6.07) is 0. The van der Waals surface area contributed by atoms with Crippen LogP contribution in [0, 0.1) is 0 Å². The van der Waals surface area contributed by atoms with Crippen LogP contribution in [0.1, 0.15) is 12.8 Å². The Balaban J connectivity index is 2.64. The van der Waals surface area contributed by atoms with Crippen molar-refractivity contribution in [1.29, 1.82) is 0 Å². The predicted octanol–water partition coefficient (Wildman–Crippen LogP) is 1.78. The van der Waals surface area contributed by atoms with E-state index in [9.17, 15) is 18.0 Å². The van der Waals surface area contributed by atoms with Crippen LogP contribution in [-0.2, 0) is 14.3 Å². The number of halogens is 3. The van der Waals surface area contributed by atoms with Crippen LogP contribution >= 0.6 is 0 Å². The second kappa shape index (κ2) is 4.00. The van der Waals surface area contributed by atoms with Crippen LogP contribution < -0.4 is 0 Å². The van der Waals surface area contributed by atoms with Crippen LogP contribution in [0.25, 0.3) is 0 Å². The summed E-state index contributed by atoms with van der Waals surface area (Å²) in [7, 11) is 1.38. The molecular weight excluding hydrogens is 201 g/mol. The fourth-order valence-corrected chi connectivity index (χ4v) is 1.08. The van der Waals surface area contributed by atoms with Crippen LogP contribution in [0.4, 0.5) is 13.2 Å². The molecule has 1 aliphatic heterocycles. The van der Waals surface area contributed by atoms with E-state index >= 15 is 0 Å². The van der Waals surface area contributed by atoms with E-state index in [0.29, 0.717) is 0 Å². The van der Waals surface area contributed by atoms with Crippen molar-refractivity contribution in [3.8, 4) is 0 Å². The molecule has 0 amide bonds. The highest BCUT2D eigenvalue weighted by Gasteiger charge is 2.41. The van der Waals surface area contributed by atoms with Gasteiger partial charge < -0.3 is 9.47 Å². The molecule has 0 saturated carbocycles. The molecule has 0 N–H and O–H groups in total. The van der Waals surface area contributed by atoms with Crippen molar-refractivity contribution in [3.05, 3.63) is 11.8 Å². The molecule has 0 unspecified atom stereocenters. The maximum atomic E-state index is 11.9. The lowest BCUT2D eigenvalue weighted by molar-refractivity contribution is -0.168. The van der Waals surface area contributed by atoms with Crippen LogP contribution in [0.2, 0.25) is 0 Å². The fourth-order valence-electron chi connectivity index (χ4n) is 1.08. The fraction of sp³-hybridized carbons (Fsp3) is 0.625. The molecule has 0 aromatic heterocycles. The van der Waals surface area contributed by atoms with E-state index in [1.165, 1.54) is 7.11 Å². The molecule has 1 rings (SSSR count). The van der Waals surface area contributed by atoms with Gasteiger partial charge in [0.15, 0.2) is 6.29 Å². The van der Waals surface area contributed by atoms with Crippen molar-refractivity contribution in [2.75, 3.05) is 7.11 Å². The smallest absolute Gasteiger partial charge is 0.454 e. The third-order valence-corrected chi connectivity index (χ3v) is 1.82. The predicted molar refractivity (Wildman–Crippen MR) is 40.3 cm³/mol. The highest BCUT2D eigenvalue weighted by Crippen LogP contribution is 2.26. The van der Waals surface area contributed by atoms with Gasteiger partial charge in [0, 0.05) is 19.1 Å². The second-order valence-electron chi connectivity index (χ2n) is 2.81. The number of ether oxygens (including phenoxy) is 2. The molecule has 14 heavy (non-hydrogen) atoms. The number of methoxy groups -OCH3 is 1. The highest BCUT2D eigenvalue weighted by atomic mass is 19.4. The number of Topliss-reactive ketones (excluding diaryl/α,β-unsaturated/α-hetero) is 1. The van der Waals surface area contributed by atoms with Crippen LogP contribution in [0.15, 0.2) is 11.8 Å². The molecule has 0 spiro atoms. The van der Waals surface area contributed by atoms with Crippen LogP contribution in [0.5, 0.6) is 0 Å². The molecule has 0 bridgehead atoms. The normalized spacial score (nSPS) is 22.6. The molecule has 1 atom stereocenters. The molecule has 80 valence electrons. The molecule has 1 aliphatic rings. The quantitative estimate of drug-likeness (QED) is 0.696.